The Kier molecular flexibility index (Phi) is 1.93. The Balaban J connectivity index is 2.17. The molecule has 0 spiro atoms. The summed E-state index contributed by atoms with van der Waals surface area (Å²) in [6.07, 6.45) is 0.560. The van der Waals surface area contributed by atoms with Crippen molar-refractivity contribution in [2.45, 2.75) is 12.3 Å². The first kappa shape index (κ1) is 8.10. The van der Waals surface area contributed by atoms with E-state index in [2.05, 4.69) is 5.32 Å². The van der Waals surface area contributed by atoms with E-state index < -0.39 is 0 Å². The highest BCUT2D eigenvalue weighted by Gasteiger charge is 2.22. The molecular formula is C10H11NO2. The summed E-state index contributed by atoms with van der Waals surface area (Å²) >= 11 is 0. The molecule has 3 heteroatoms. The van der Waals surface area contributed by atoms with Gasteiger partial charge in [-0.3, -0.25) is 4.79 Å². The molecule has 0 radical (unpaired) electrons. The standard InChI is InChI=1S/C10H11NO2/c12-9-3-1-7(2-4-9)8-5-10(13)11-6-8/h1-4,8,12H,5-6H2,(H,11,13)/t8-/m1/s1. The number of benzene rings is 1. The third-order valence-corrected chi connectivity index (χ3v) is 2.34. The monoisotopic (exact) mass is 177 g/mol. The van der Waals surface area contributed by atoms with Gasteiger partial charge in [-0.25, -0.2) is 0 Å². The second kappa shape index (κ2) is 3.09. The third-order valence-electron chi connectivity index (χ3n) is 2.34. The molecule has 0 saturated carbocycles. The number of nitrogens with one attached hydrogen (secondary N) is 1. The molecule has 2 rings (SSSR count). The summed E-state index contributed by atoms with van der Waals surface area (Å²) in [5, 5.41) is 11.9. The maximum absolute atomic E-state index is 10.9. The van der Waals surface area contributed by atoms with Gasteiger partial charge in [0, 0.05) is 18.9 Å². The molecule has 68 valence electrons. The molecule has 3 nitrogen and oxygen atoms in total. The maximum Gasteiger partial charge on any atom is 0.220 e. The zero-order valence-electron chi connectivity index (χ0n) is 7.16. The van der Waals surface area contributed by atoms with E-state index in [1.807, 2.05) is 12.1 Å². The SMILES string of the molecule is O=C1C[C@@H](c2ccc(O)cc2)CN1. The fourth-order valence-corrected chi connectivity index (χ4v) is 1.59. The van der Waals surface area contributed by atoms with Crippen molar-refractivity contribution in [2.75, 3.05) is 6.54 Å². The second-order valence-corrected chi connectivity index (χ2v) is 3.30. The number of carbonyl (C=O) groups excluding carboxylic acids is 1. The van der Waals surface area contributed by atoms with E-state index in [1.54, 1.807) is 12.1 Å². The van der Waals surface area contributed by atoms with Gasteiger partial charge in [-0.15, -0.1) is 0 Å². The van der Waals surface area contributed by atoms with Gasteiger partial charge < -0.3 is 10.4 Å². The first-order valence-corrected chi connectivity index (χ1v) is 4.31. The van der Waals surface area contributed by atoms with Gasteiger partial charge in [-0.2, -0.15) is 0 Å². The van der Waals surface area contributed by atoms with Crippen LogP contribution in [0.4, 0.5) is 0 Å². The van der Waals surface area contributed by atoms with Crippen molar-refractivity contribution in [1.82, 2.24) is 5.32 Å². The van der Waals surface area contributed by atoms with E-state index in [-0.39, 0.29) is 17.6 Å². The number of phenols is 1. The Morgan fingerprint density at radius 2 is 2.00 bits per heavy atom. The first-order chi connectivity index (χ1) is 6.25. The molecule has 1 atom stereocenters. The zero-order chi connectivity index (χ0) is 9.26. The summed E-state index contributed by atoms with van der Waals surface area (Å²) in [5.41, 5.74) is 1.11. The average Bonchev–Trinajstić information content (AvgIpc) is 2.53. The Morgan fingerprint density at radius 1 is 1.31 bits per heavy atom. The number of amides is 1. The Hall–Kier alpha value is -1.51. The summed E-state index contributed by atoms with van der Waals surface area (Å²) in [5.74, 6) is 0.646. The van der Waals surface area contributed by atoms with Crippen LogP contribution in [0.25, 0.3) is 0 Å². The van der Waals surface area contributed by atoms with Gasteiger partial charge in [-0.1, -0.05) is 12.1 Å². The number of phenolic OH excluding ortho intramolecular Hbond substituents is 1. The van der Waals surface area contributed by atoms with Crippen LogP contribution in [-0.4, -0.2) is 17.6 Å². The third kappa shape index (κ3) is 1.64. The lowest BCUT2D eigenvalue weighted by Crippen LogP contribution is -2.13. The molecule has 0 bridgehead atoms. The Labute approximate surface area is 76.4 Å². The summed E-state index contributed by atoms with van der Waals surface area (Å²) in [4.78, 5) is 10.9. The Bertz CT molecular complexity index is 318. The minimum Gasteiger partial charge on any atom is -0.508 e. The van der Waals surface area contributed by atoms with E-state index in [4.69, 9.17) is 5.11 Å². The summed E-state index contributed by atoms with van der Waals surface area (Å²) in [7, 11) is 0. The van der Waals surface area contributed by atoms with Gasteiger partial charge in [0.15, 0.2) is 0 Å². The van der Waals surface area contributed by atoms with Crippen molar-refractivity contribution in [3.05, 3.63) is 29.8 Å². The number of hydrogen-bond donors (Lipinski definition) is 2. The van der Waals surface area contributed by atoms with Gasteiger partial charge >= 0.3 is 0 Å². The molecule has 1 amide bonds. The molecule has 1 aromatic rings. The van der Waals surface area contributed by atoms with Crippen molar-refractivity contribution in [2.24, 2.45) is 0 Å². The van der Waals surface area contributed by atoms with E-state index in [9.17, 15) is 4.79 Å². The highest BCUT2D eigenvalue weighted by molar-refractivity contribution is 5.79. The molecule has 1 heterocycles. The number of aromatic hydroxyl groups is 1. The number of rotatable bonds is 1. The van der Waals surface area contributed by atoms with Crippen molar-refractivity contribution in [3.63, 3.8) is 0 Å². The van der Waals surface area contributed by atoms with Crippen LogP contribution in [0.1, 0.15) is 17.9 Å². The topological polar surface area (TPSA) is 49.3 Å². The van der Waals surface area contributed by atoms with Gasteiger partial charge in [0.2, 0.25) is 5.91 Å². The number of hydrogen-bond acceptors (Lipinski definition) is 2. The molecule has 1 fully saturated rings. The van der Waals surface area contributed by atoms with Crippen molar-refractivity contribution < 1.29 is 9.90 Å². The van der Waals surface area contributed by atoms with Gasteiger partial charge in [-0.05, 0) is 17.7 Å². The van der Waals surface area contributed by atoms with E-state index in [1.165, 1.54) is 0 Å². The summed E-state index contributed by atoms with van der Waals surface area (Å²) in [6, 6.07) is 7.02. The average molecular weight is 177 g/mol. The molecular weight excluding hydrogens is 166 g/mol. The van der Waals surface area contributed by atoms with Gasteiger partial charge in [0.1, 0.15) is 5.75 Å². The quantitative estimate of drug-likeness (QED) is 0.672. The van der Waals surface area contributed by atoms with Crippen molar-refractivity contribution >= 4 is 5.91 Å². The zero-order valence-corrected chi connectivity index (χ0v) is 7.16. The normalized spacial score (nSPS) is 21.5. The molecule has 0 unspecified atom stereocenters. The Morgan fingerprint density at radius 3 is 2.54 bits per heavy atom. The van der Waals surface area contributed by atoms with Crippen molar-refractivity contribution in [3.8, 4) is 5.75 Å². The lowest BCUT2D eigenvalue weighted by atomic mass is 9.98. The molecule has 1 saturated heterocycles. The van der Waals surface area contributed by atoms with Gasteiger partial charge in [0.25, 0.3) is 0 Å². The molecule has 2 N–H and O–H groups in total. The smallest absolute Gasteiger partial charge is 0.220 e. The fourth-order valence-electron chi connectivity index (χ4n) is 1.59. The van der Waals surface area contributed by atoms with E-state index in [0.29, 0.717) is 13.0 Å². The lowest BCUT2D eigenvalue weighted by molar-refractivity contribution is -0.119. The molecule has 1 aliphatic heterocycles. The fraction of sp³-hybridized carbons (Fsp3) is 0.300. The molecule has 1 aromatic carbocycles. The summed E-state index contributed by atoms with van der Waals surface area (Å²) < 4.78 is 0. The van der Waals surface area contributed by atoms with E-state index in [0.717, 1.165) is 5.56 Å². The molecule has 0 aromatic heterocycles. The maximum atomic E-state index is 10.9. The largest absolute Gasteiger partial charge is 0.508 e. The van der Waals surface area contributed by atoms with Crippen LogP contribution >= 0.6 is 0 Å². The van der Waals surface area contributed by atoms with Gasteiger partial charge in [0.05, 0.1) is 0 Å². The van der Waals surface area contributed by atoms with Crippen LogP contribution in [0.3, 0.4) is 0 Å². The second-order valence-electron chi connectivity index (χ2n) is 3.30. The molecule has 1 aliphatic rings. The van der Waals surface area contributed by atoms with Crippen LogP contribution in [0.2, 0.25) is 0 Å². The van der Waals surface area contributed by atoms with Crippen LogP contribution in [0.15, 0.2) is 24.3 Å². The predicted molar refractivity (Wildman–Crippen MR) is 48.5 cm³/mol. The van der Waals surface area contributed by atoms with Crippen molar-refractivity contribution in [1.29, 1.82) is 0 Å². The van der Waals surface area contributed by atoms with Crippen LogP contribution in [-0.2, 0) is 4.79 Å². The molecule has 0 aliphatic carbocycles. The van der Waals surface area contributed by atoms with Crippen LogP contribution < -0.4 is 5.32 Å². The summed E-state index contributed by atoms with van der Waals surface area (Å²) in [6.45, 7) is 0.712. The highest BCUT2D eigenvalue weighted by Crippen LogP contribution is 2.24. The highest BCUT2D eigenvalue weighted by atomic mass is 16.3. The minimum absolute atomic E-state index is 0.109. The van der Waals surface area contributed by atoms with Crippen LogP contribution in [0, 0.1) is 0 Å². The lowest BCUT2D eigenvalue weighted by Gasteiger charge is -2.06. The van der Waals surface area contributed by atoms with Crippen LogP contribution in [0.5, 0.6) is 5.75 Å². The number of carbonyl (C=O) groups is 1. The first-order valence-electron chi connectivity index (χ1n) is 4.31. The minimum atomic E-state index is 0.109. The molecule has 13 heavy (non-hydrogen) atoms. The predicted octanol–water partition coefficient (Wildman–Crippen LogP) is 0.996. The van der Waals surface area contributed by atoms with E-state index >= 15 is 0 Å².